The quantitative estimate of drug-likeness (QED) is 0.736. The predicted octanol–water partition coefficient (Wildman–Crippen LogP) is 3.47. The Morgan fingerprint density at radius 1 is 1.24 bits per heavy atom. The van der Waals surface area contributed by atoms with E-state index in [1.54, 1.807) is 0 Å². The van der Waals surface area contributed by atoms with Crippen LogP contribution in [-0.2, 0) is 19.6 Å². The van der Waals surface area contributed by atoms with Crippen LogP contribution in [0.5, 0.6) is 5.75 Å². The first-order valence-corrected chi connectivity index (χ1v) is 7.95. The molecule has 21 heavy (non-hydrogen) atoms. The summed E-state index contributed by atoms with van der Waals surface area (Å²) >= 11 is 3.49. The van der Waals surface area contributed by atoms with Crippen molar-refractivity contribution in [3.8, 4) is 5.75 Å². The van der Waals surface area contributed by atoms with Gasteiger partial charge in [0.15, 0.2) is 6.61 Å². The Labute approximate surface area is 133 Å². The lowest BCUT2D eigenvalue weighted by Crippen LogP contribution is -2.14. The van der Waals surface area contributed by atoms with Crippen molar-refractivity contribution in [2.24, 2.45) is 0 Å². The van der Waals surface area contributed by atoms with Gasteiger partial charge in [0.1, 0.15) is 5.75 Å². The fraction of sp³-hybridized carbons (Fsp3) is 0.467. The Balaban J connectivity index is 2.00. The van der Waals surface area contributed by atoms with Gasteiger partial charge in [-0.15, -0.1) is 10.2 Å². The van der Waals surface area contributed by atoms with E-state index >= 15 is 0 Å². The summed E-state index contributed by atoms with van der Waals surface area (Å²) in [5.41, 5.74) is 1.10. The van der Waals surface area contributed by atoms with Crippen molar-refractivity contribution in [1.82, 2.24) is 15.5 Å². The van der Waals surface area contributed by atoms with Gasteiger partial charge in [-0.25, -0.2) is 0 Å². The van der Waals surface area contributed by atoms with Gasteiger partial charge in [0.05, 0.1) is 0 Å². The topological polar surface area (TPSA) is 60.2 Å². The molecule has 114 valence electrons. The number of rotatable bonds is 8. The number of ether oxygens (including phenoxy) is 1. The molecule has 0 saturated heterocycles. The monoisotopic (exact) mass is 353 g/mol. The Kier molecular flexibility index (Phi) is 6.20. The number of aryl methyl sites for hydroxylation is 1. The second-order valence-corrected chi connectivity index (χ2v) is 5.58. The lowest BCUT2D eigenvalue weighted by atomic mass is 10.2. The van der Waals surface area contributed by atoms with E-state index in [-0.39, 0.29) is 6.61 Å². The van der Waals surface area contributed by atoms with E-state index < -0.39 is 0 Å². The van der Waals surface area contributed by atoms with E-state index in [4.69, 9.17) is 9.15 Å². The van der Waals surface area contributed by atoms with E-state index in [2.05, 4.69) is 44.4 Å². The minimum absolute atomic E-state index is 0.287. The Hall–Kier alpha value is -1.40. The molecule has 0 radical (unpaired) electrons. The number of nitrogens with zero attached hydrogens (tertiary/aromatic N) is 2. The second-order valence-electron chi connectivity index (χ2n) is 4.66. The molecule has 0 saturated carbocycles. The molecule has 0 unspecified atom stereocenters. The third-order valence-corrected chi connectivity index (χ3v) is 3.42. The fourth-order valence-corrected chi connectivity index (χ4v) is 2.26. The molecule has 1 heterocycles. The summed E-state index contributed by atoms with van der Waals surface area (Å²) in [5, 5.41) is 11.3. The van der Waals surface area contributed by atoms with Crippen molar-refractivity contribution in [3.63, 3.8) is 0 Å². The molecule has 5 nitrogen and oxygen atoms in total. The predicted molar refractivity (Wildman–Crippen MR) is 84.1 cm³/mol. The smallest absolute Gasteiger partial charge is 0.253 e. The third-order valence-electron chi connectivity index (χ3n) is 2.93. The minimum atomic E-state index is 0.287. The van der Waals surface area contributed by atoms with Crippen LogP contribution in [0.3, 0.4) is 0 Å². The Morgan fingerprint density at radius 2 is 2.05 bits per heavy atom. The van der Waals surface area contributed by atoms with Crippen molar-refractivity contribution in [3.05, 3.63) is 40.0 Å². The standard InChI is InChI=1S/C15H20BrN3O2/c1-3-7-17-9-11-8-12(16)5-6-13(11)20-10-15-19-18-14(4-2)21-15/h5-6,8,17H,3-4,7,9-10H2,1-2H3. The maximum atomic E-state index is 5.81. The zero-order valence-corrected chi connectivity index (χ0v) is 13.9. The maximum Gasteiger partial charge on any atom is 0.253 e. The van der Waals surface area contributed by atoms with Crippen molar-refractivity contribution in [1.29, 1.82) is 0 Å². The van der Waals surface area contributed by atoms with Gasteiger partial charge in [-0.2, -0.15) is 0 Å². The summed E-state index contributed by atoms with van der Waals surface area (Å²) in [6.45, 7) is 6.16. The lowest BCUT2D eigenvalue weighted by Gasteiger charge is -2.11. The molecule has 0 amide bonds. The minimum Gasteiger partial charge on any atom is -0.483 e. The molecule has 2 rings (SSSR count). The molecular formula is C15H20BrN3O2. The van der Waals surface area contributed by atoms with Crippen LogP contribution in [0.25, 0.3) is 0 Å². The van der Waals surface area contributed by atoms with Gasteiger partial charge in [-0.05, 0) is 31.2 Å². The highest BCUT2D eigenvalue weighted by Crippen LogP contribution is 2.24. The van der Waals surface area contributed by atoms with Gasteiger partial charge in [-0.3, -0.25) is 0 Å². The number of nitrogens with one attached hydrogen (secondary N) is 1. The van der Waals surface area contributed by atoms with Gasteiger partial charge in [0.25, 0.3) is 5.89 Å². The van der Waals surface area contributed by atoms with Crippen LogP contribution in [-0.4, -0.2) is 16.7 Å². The number of hydrogen-bond donors (Lipinski definition) is 1. The Bertz CT molecular complexity index is 572. The average molecular weight is 354 g/mol. The van der Waals surface area contributed by atoms with Crippen molar-refractivity contribution < 1.29 is 9.15 Å². The van der Waals surface area contributed by atoms with E-state index in [1.165, 1.54) is 0 Å². The molecule has 0 atom stereocenters. The van der Waals surface area contributed by atoms with Crippen molar-refractivity contribution >= 4 is 15.9 Å². The zero-order chi connectivity index (χ0) is 15.1. The molecule has 1 N–H and O–H groups in total. The zero-order valence-electron chi connectivity index (χ0n) is 12.4. The molecule has 1 aromatic carbocycles. The largest absolute Gasteiger partial charge is 0.483 e. The van der Waals surface area contributed by atoms with Crippen molar-refractivity contribution in [2.45, 2.75) is 39.8 Å². The Morgan fingerprint density at radius 3 is 2.76 bits per heavy atom. The van der Waals surface area contributed by atoms with Crippen LogP contribution in [0, 0.1) is 0 Å². The number of hydrogen-bond acceptors (Lipinski definition) is 5. The normalized spacial score (nSPS) is 10.8. The molecule has 1 aromatic heterocycles. The number of benzene rings is 1. The third kappa shape index (κ3) is 4.82. The highest BCUT2D eigenvalue weighted by molar-refractivity contribution is 9.10. The average Bonchev–Trinajstić information content (AvgIpc) is 2.95. The van der Waals surface area contributed by atoms with Gasteiger partial charge >= 0.3 is 0 Å². The highest BCUT2D eigenvalue weighted by atomic mass is 79.9. The van der Waals surface area contributed by atoms with Crippen LogP contribution in [0.15, 0.2) is 27.1 Å². The first kappa shape index (κ1) is 16.0. The van der Waals surface area contributed by atoms with E-state index in [9.17, 15) is 0 Å². The van der Waals surface area contributed by atoms with Crippen LogP contribution in [0.4, 0.5) is 0 Å². The summed E-state index contributed by atoms with van der Waals surface area (Å²) in [6.07, 6.45) is 1.84. The van der Waals surface area contributed by atoms with E-state index in [0.29, 0.717) is 11.8 Å². The molecule has 0 fully saturated rings. The van der Waals surface area contributed by atoms with Crippen molar-refractivity contribution in [2.75, 3.05) is 6.54 Å². The number of halogens is 1. The molecule has 0 spiro atoms. The summed E-state index contributed by atoms with van der Waals surface area (Å²) in [7, 11) is 0. The number of aromatic nitrogens is 2. The van der Waals surface area contributed by atoms with E-state index in [0.717, 1.165) is 41.7 Å². The molecular weight excluding hydrogens is 334 g/mol. The maximum absolute atomic E-state index is 5.81. The lowest BCUT2D eigenvalue weighted by molar-refractivity contribution is 0.256. The first-order valence-electron chi connectivity index (χ1n) is 7.16. The molecule has 6 heteroatoms. The SMILES string of the molecule is CCCNCc1cc(Br)ccc1OCc1nnc(CC)o1. The van der Waals surface area contributed by atoms with Gasteiger partial charge in [0, 0.05) is 23.0 Å². The second kappa shape index (κ2) is 8.14. The first-order chi connectivity index (χ1) is 10.2. The molecule has 0 aliphatic carbocycles. The van der Waals surface area contributed by atoms with Crippen LogP contribution in [0.2, 0.25) is 0 Å². The molecule has 0 aliphatic rings. The summed E-state index contributed by atoms with van der Waals surface area (Å²) in [5.74, 6) is 1.97. The van der Waals surface area contributed by atoms with Crippen LogP contribution in [0.1, 0.15) is 37.6 Å². The molecule has 2 aromatic rings. The van der Waals surface area contributed by atoms with Gasteiger partial charge < -0.3 is 14.5 Å². The van der Waals surface area contributed by atoms with Crippen LogP contribution < -0.4 is 10.1 Å². The van der Waals surface area contributed by atoms with Crippen LogP contribution >= 0.6 is 15.9 Å². The summed E-state index contributed by atoms with van der Waals surface area (Å²) in [4.78, 5) is 0. The van der Waals surface area contributed by atoms with E-state index in [1.807, 2.05) is 19.1 Å². The summed E-state index contributed by atoms with van der Waals surface area (Å²) in [6, 6.07) is 5.97. The van der Waals surface area contributed by atoms with Gasteiger partial charge in [-0.1, -0.05) is 29.8 Å². The van der Waals surface area contributed by atoms with Gasteiger partial charge in [0.2, 0.25) is 5.89 Å². The molecule has 0 bridgehead atoms. The summed E-state index contributed by atoms with van der Waals surface area (Å²) < 4.78 is 12.3. The highest BCUT2D eigenvalue weighted by Gasteiger charge is 2.08. The fourth-order valence-electron chi connectivity index (χ4n) is 1.86. The molecule has 0 aliphatic heterocycles.